The normalized spacial score (nSPS) is 19.3. The lowest BCUT2D eigenvalue weighted by Gasteiger charge is -2.25. The third kappa shape index (κ3) is 2.92. The van der Waals surface area contributed by atoms with Gasteiger partial charge in [0.1, 0.15) is 5.76 Å². The standard InChI is InChI=1S/C10H15FN2O2/c1-8-6-10(12-15-8)14-7-9-2-4-13(11)5-3-9/h6,9H,2-5,7H2,1H3. The van der Waals surface area contributed by atoms with Gasteiger partial charge in [0.05, 0.1) is 6.61 Å². The smallest absolute Gasteiger partial charge is 0.254 e. The zero-order valence-corrected chi connectivity index (χ0v) is 8.78. The third-order valence-corrected chi connectivity index (χ3v) is 2.63. The number of piperidine rings is 1. The molecule has 2 heterocycles. The second-order valence-corrected chi connectivity index (χ2v) is 3.94. The van der Waals surface area contributed by atoms with Gasteiger partial charge < -0.3 is 9.26 Å². The monoisotopic (exact) mass is 214 g/mol. The first-order chi connectivity index (χ1) is 7.24. The summed E-state index contributed by atoms with van der Waals surface area (Å²) in [5.41, 5.74) is 0. The van der Waals surface area contributed by atoms with Crippen molar-refractivity contribution in [1.29, 1.82) is 0 Å². The number of rotatable bonds is 3. The Kier molecular flexibility index (Phi) is 3.20. The lowest BCUT2D eigenvalue weighted by atomic mass is 9.99. The van der Waals surface area contributed by atoms with Crippen molar-refractivity contribution in [3.8, 4) is 5.88 Å². The average molecular weight is 214 g/mol. The summed E-state index contributed by atoms with van der Waals surface area (Å²) in [7, 11) is 0. The Bertz CT molecular complexity index is 308. The first-order valence-corrected chi connectivity index (χ1v) is 5.21. The van der Waals surface area contributed by atoms with E-state index >= 15 is 0 Å². The van der Waals surface area contributed by atoms with E-state index < -0.39 is 0 Å². The van der Waals surface area contributed by atoms with Crippen LogP contribution in [0.3, 0.4) is 0 Å². The van der Waals surface area contributed by atoms with Gasteiger partial charge in [-0.3, -0.25) is 0 Å². The van der Waals surface area contributed by atoms with E-state index in [4.69, 9.17) is 9.26 Å². The number of hydrogen-bond acceptors (Lipinski definition) is 4. The number of aromatic nitrogens is 1. The maximum atomic E-state index is 12.7. The van der Waals surface area contributed by atoms with Crippen molar-refractivity contribution in [2.75, 3.05) is 19.7 Å². The van der Waals surface area contributed by atoms with Gasteiger partial charge in [0.25, 0.3) is 5.88 Å². The van der Waals surface area contributed by atoms with Gasteiger partial charge in [0.2, 0.25) is 0 Å². The third-order valence-electron chi connectivity index (χ3n) is 2.63. The summed E-state index contributed by atoms with van der Waals surface area (Å²) >= 11 is 0. The molecule has 1 aromatic rings. The van der Waals surface area contributed by atoms with E-state index in [9.17, 15) is 4.48 Å². The molecule has 1 aromatic heterocycles. The molecule has 1 aliphatic heterocycles. The molecule has 0 radical (unpaired) electrons. The first kappa shape index (κ1) is 10.4. The van der Waals surface area contributed by atoms with Crippen LogP contribution < -0.4 is 4.74 Å². The maximum Gasteiger partial charge on any atom is 0.254 e. The van der Waals surface area contributed by atoms with Gasteiger partial charge in [-0.2, -0.15) is 0 Å². The van der Waals surface area contributed by atoms with Crippen LogP contribution in [0.25, 0.3) is 0 Å². The summed E-state index contributed by atoms with van der Waals surface area (Å²) in [6, 6.07) is 1.75. The Hall–Kier alpha value is -1.10. The molecular weight excluding hydrogens is 199 g/mol. The molecule has 84 valence electrons. The first-order valence-electron chi connectivity index (χ1n) is 5.21. The van der Waals surface area contributed by atoms with Crippen molar-refractivity contribution in [3.05, 3.63) is 11.8 Å². The molecular formula is C10H15FN2O2. The van der Waals surface area contributed by atoms with E-state index in [2.05, 4.69) is 5.16 Å². The van der Waals surface area contributed by atoms with Gasteiger partial charge in [-0.05, 0) is 30.8 Å². The molecule has 2 rings (SSSR count). The molecule has 0 spiro atoms. The van der Waals surface area contributed by atoms with Crippen LogP contribution in [-0.2, 0) is 0 Å². The SMILES string of the molecule is Cc1cc(OCC2CCN(F)CC2)no1. The minimum atomic E-state index is 0.425. The Labute approximate surface area is 87.9 Å². The van der Waals surface area contributed by atoms with Crippen molar-refractivity contribution < 1.29 is 13.7 Å². The van der Waals surface area contributed by atoms with Crippen LogP contribution in [0.1, 0.15) is 18.6 Å². The fourth-order valence-electron chi connectivity index (χ4n) is 1.68. The molecule has 1 fully saturated rings. The number of halogens is 1. The van der Waals surface area contributed by atoms with Gasteiger partial charge in [-0.15, -0.1) is 9.60 Å². The summed E-state index contributed by atoms with van der Waals surface area (Å²) in [6.45, 7) is 3.43. The Morgan fingerprint density at radius 3 is 2.93 bits per heavy atom. The maximum absolute atomic E-state index is 12.7. The number of nitrogens with zero attached hydrogens (tertiary/aromatic N) is 2. The molecule has 1 saturated heterocycles. The van der Waals surface area contributed by atoms with E-state index in [1.54, 1.807) is 6.07 Å². The van der Waals surface area contributed by atoms with Crippen LogP contribution in [0, 0.1) is 12.8 Å². The van der Waals surface area contributed by atoms with Gasteiger partial charge in [0, 0.05) is 19.2 Å². The van der Waals surface area contributed by atoms with Gasteiger partial charge in [0.15, 0.2) is 0 Å². The highest BCUT2D eigenvalue weighted by Gasteiger charge is 2.19. The lowest BCUT2D eigenvalue weighted by molar-refractivity contribution is -0.0151. The number of ether oxygens (including phenoxy) is 1. The Morgan fingerprint density at radius 2 is 2.33 bits per heavy atom. The summed E-state index contributed by atoms with van der Waals surface area (Å²) in [6.07, 6.45) is 1.68. The highest BCUT2D eigenvalue weighted by molar-refractivity contribution is 5.09. The predicted molar refractivity (Wildman–Crippen MR) is 52.1 cm³/mol. The van der Waals surface area contributed by atoms with E-state index in [-0.39, 0.29) is 0 Å². The minimum absolute atomic E-state index is 0.425. The van der Waals surface area contributed by atoms with E-state index in [0.29, 0.717) is 31.5 Å². The number of aryl methyl sites for hydroxylation is 1. The van der Waals surface area contributed by atoms with Gasteiger partial charge in [-0.25, -0.2) is 0 Å². The number of hydrogen-bond donors (Lipinski definition) is 0. The largest absolute Gasteiger partial charge is 0.475 e. The van der Waals surface area contributed by atoms with Crippen LogP contribution in [0.4, 0.5) is 4.48 Å². The summed E-state index contributed by atoms with van der Waals surface area (Å²) in [5, 5.41) is 4.59. The van der Waals surface area contributed by atoms with Crippen LogP contribution in [0.2, 0.25) is 0 Å². The molecule has 15 heavy (non-hydrogen) atoms. The molecule has 0 aromatic carbocycles. The molecule has 0 unspecified atom stereocenters. The second kappa shape index (κ2) is 4.61. The highest BCUT2D eigenvalue weighted by Crippen LogP contribution is 2.19. The van der Waals surface area contributed by atoms with Crippen molar-refractivity contribution in [1.82, 2.24) is 10.3 Å². The Balaban J connectivity index is 1.74. The predicted octanol–water partition coefficient (Wildman–Crippen LogP) is 1.96. The Morgan fingerprint density at radius 1 is 1.60 bits per heavy atom. The molecule has 0 atom stereocenters. The fraction of sp³-hybridized carbons (Fsp3) is 0.700. The van der Waals surface area contributed by atoms with Crippen LogP contribution >= 0.6 is 0 Å². The topological polar surface area (TPSA) is 38.5 Å². The van der Waals surface area contributed by atoms with Gasteiger partial charge in [-0.1, -0.05) is 0 Å². The van der Waals surface area contributed by atoms with Crippen LogP contribution in [-0.4, -0.2) is 30.0 Å². The van der Waals surface area contributed by atoms with Crippen LogP contribution in [0.15, 0.2) is 10.6 Å². The summed E-state index contributed by atoms with van der Waals surface area (Å²) in [4.78, 5) is 0. The molecule has 0 N–H and O–H groups in total. The average Bonchev–Trinajstić information content (AvgIpc) is 2.64. The fourth-order valence-corrected chi connectivity index (χ4v) is 1.68. The summed E-state index contributed by atoms with van der Waals surface area (Å²) < 4.78 is 23.0. The summed E-state index contributed by atoms with van der Waals surface area (Å²) in [5.74, 6) is 1.69. The second-order valence-electron chi connectivity index (χ2n) is 3.94. The van der Waals surface area contributed by atoms with Crippen molar-refractivity contribution in [3.63, 3.8) is 0 Å². The molecule has 0 bridgehead atoms. The lowest BCUT2D eigenvalue weighted by Crippen LogP contribution is -2.30. The minimum Gasteiger partial charge on any atom is -0.475 e. The zero-order chi connectivity index (χ0) is 10.7. The molecule has 0 amide bonds. The van der Waals surface area contributed by atoms with Gasteiger partial charge >= 0.3 is 0 Å². The highest BCUT2D eigenvalue weighted by atomic mass is 19.2. The van der Waals surface area contributed by atoms with Crippen molar-refractivity contribution in [2.24, 2.45) is 5.92 Å². The molecule has 0 aliphatic carbocycles. The quantitative estimate of drug-likeness (QED) is 0.721. The van der Waals surface area contributed by atoms with Crippen molar-refractivity contribution in [2.45, 2.75) is 19.8 Å². The molecule has 4 nitrogen and oxygen atoms in total. The van der Waals surface area contributed by atoms with Crippen LogP contribution in [0.5, 0.6) is 5.88 Å². The molecule has 5 heteroatoms. The van der Waals surface area contributed by atoms with E-state index in [1.807, 2.05) is 6.92 Å². The van der Waals surface area contributed by atoms with E-state index in [1.165, 1.54) is 0 Å². The molecule has 1 aliphatic rings. The molecule has 0 saturated carbocycles. The van der Waals surface area contributed by atoms with Crippen molar-refractivity contribution >= 4 is 0 Å². The zero-order valence-electron chi connectivity index (χ0n) is 8.78. The van der Waals surface area contributed by atoms with E-state index in [0.717, 1.165) is 23.7 Å².